The van der Waals surface area contributed by atoms with Crippen molar-refractivity contribution in [2.45, 2.75) is 12.8 Å². The summed E-state index contributed by atoms with van der Waals surface area (Å²) in [5, 5.41) is 11.6. The Hall–Kier alpha value is -2.84. The minimum Gasteiger partial charge on any atom is -0.493 e. The van der Waals surface area contributed by atoms with Crippen LogP contribution in [0.3, 0.4) is 0 Å². The van der Waals surface area contributed by atoms with Crippen LogP contribution in [0.4, 0.5) is 5.69 Å². The molecule has 0 aromatic heterocycles. The smallest absolute Gasteiger partial charge is 0.286 e. The zero-order chi connectivity index (χ0) is 21.0. The third kappa shape index (κ3) is 4.66. The van der Waals surface area contributed by atoms with Gasteiger partial charge in [-0.2, -0.15) is 0 Å². The maximum absolute atomic E-state index is 13.2. The standard InChI is InChI=1S/C21H25N3O5.ClH/c1-3-29-20-10-18(24(26)27)16(9-19(20)28-2)21(25)23-12-15(11-22)17(13-23)14-7-5-4-6-8-14;/h4-10,15,17H,3,11-13,22H2,1-2H3;1H/t15-,17+;/m1./s1. The van der Waals surface area contributed by atoms with Gasteiger partial charge in [0.25, 0.3) is 11.6 Å². The molecule has 1 fully saturated rings. The van der Waals surface area contributed by atoms with E-state index in [1.54, 1.807) is 11.8 Å². The number of carbonyl (C=O) groups is 1. The zero-order valence-electron chi connectivity index (χ0n) is 16.9. The second-order valence-electron chi connectivity index (χ2n) is 6.93. The number of nitrogens with two attached hydrogens (primary N) is 1. The number of hydrogen-bond donors (Lipinski definition) is 1. The van der Waals surface area contributed by atoms with E-state index in [4.69, 9.17) is 15.2 Å². The predicted octanol–water partition coefficient (Wildman–Crippen LogP) is 3.24. The van der Waals surface area contributed by atoms with Gasteiger partial charge in [-0.05, 0) is 24.9 Å². The predicted molar refractivity (Wildman–Crippen MR) is 116 cm³/mol. The molecule has 162 valence electrons. The first-order valence-electron chi connectivity index (χ1n) is 9.53. The Morgan fingerprint density at radius 2 is 1.93 bits per heavy atom. The molecule has 2 aromatic carbocycles. The van der Waals surface area contributed by atoms with Gasteiger partial charge < -0.3 is 20.1 Å². The van der Waals surface area contributed by atoms with E-state index in [1.807, 2.05) is 30.3 Å². The molecule has 1 amide bonds. The van der Waals surface area contributed by atoms with Crippen molar-refractivity contribution in [3.05, 3.63) is 63.7 Å². The minimum atomic E-state index is -0.569. The molecule has 0 aliphatic carbocycles. The van der Waals surface area contributed by atoms with Crippen LogP contribution in [-0.2, 0) is 0 Å². The van der Waals surface area contributed by atoms with Gasteiger partial charge in [0.05, 0.1) is 24.7 Å². The molecule has 1 saturated heterocycles. The molecule has 0 unspecified atom stereocenters. The number of benzene rings is 2. The summed E-state index contributed by atoms with van der Waals surface area (Å²) in [4.78, 5) is 25.9. The third-order valence-electron chi connectivity index (χ3n) is 5.27. The van der Waals surface area contributed by atoms with Crippen molar-refractivity contribution in [1.29, 1.82) is 0 Å². The van der Waals surface area contributed by atoms with Crippen LogP contribution in [0, 0.1) is 16.0 Å². The highest BCUT2D eigenvalue weighted by molar-refractivity contribution is 5.99. The number of amides is 1. The maximum atomic E-state index is 13.2. The Balaban J connectivity index is 0.00000320. The zero-order valence-corrected chi connectivity index (χ0v) is 17.8. The highest BCUT2D eigenvalue weighted by Crippen LogP contribution is 2.38. The van der Waals surface area contributed by atoms with Gasteiger partial charge in [0.1, 0.15) is 5.56 Å². The monoisotopic (exact) mass is 435 g/mol. The average Bonchev–Trinajstić information content (AvgIpc) is 3.18. The maximum Gasteiger partial charge on any atom is 0.286 e. The molecule has 1 aliphatic rings. The fourth-order valence-electron chi connectivity index (χ4n) is 3.82. The summed E-state index contributed by atoms with van der Waals surface area (Å²) in [5.74, 6) is 0.297. The number of nitrogens with zero attached hydrogens (tertiary/aromatic N) is 2. The lowest BCUT2D eigenvalue weighted by Gasteiger charge is -2.18. The molecule has 0 spiro atoms. The summed E-state index contributed by atoms with van der Waals surface area (Å²) in [7, 11) is 1.43. The number of nitro benzene ring substituents is 1. The van der Waals surface area contributed by atoms with Crippen molar-refractivity contribution in [3.8, 4) is 11.5 Å². The number of nitro groups is 1. The normalized spacial score (nSPS) is 17.9. The van der Waals surface area contributed by atoms with Crippen LogP contribution in [-0.4, -0.2) is 49.1 Å². The van der Waals surface area contributed by atoms with Gasteiger partial charge >= 0.3 is 0 Å². The highest BCUT2D eigenvalue weighted by Gasteiger charge is 2.38. The van der Waals surface area contributed by atoms with Crippen molar-refractivity contribution in [2.75, 3.05) is 33.4 Å². The Morgan fingerprint density at radius 3 is 2.50 bits per heavy atom. The Bertz CT molecular complexity index is 894. The lowest BCUT2D eigenvalue weighted by molar-refractivity contribution is -0.385. The van der Waals surface area contributed by atoms with E-state index in [2.05, 4.69) is 0 Å². The van der Waals surface area contributed by atoms with Gasteiger partial charge in [-0.25, -0.2) is 0 Å². The first kappa shape index (κ1) is 23.4. The number of methoxy groups -OCH3 is 1. The summed E-state index contributed by atoms with van der Waals surface area (Å²) >= 11 is 0. The van der Waals surface area contributed by atoms with Crippen molar-refractivity contribution in [1.82, 2.24) is 4.90 Å². The number of halogens is 1. The van der Waals surface area contributed by atoms with Gasteiger partial charge in [-0.15, -0.1) is 12.4 Å². The van der Waals surface area contributed by atoms with Gasteiger partial charge in [0, 0.05) is 25.1 Å². The first-order chi connectivity index (χ1) is 14.0. The van der Waals surface area contributed by atoms with Gasteiger partial charge in [0.2, 0.25) is 0 Å². The third-order valence-corrected chi connectivity index (χ3v) is 5.27. The quantitative estimate of drug-likeness (QED) is 0.528. The molecule has 0 bridgehead atoms. The van der Waals surface area contributed by atoms with E-state index in [1.165, 1.54) is 19.2 Å². The Labute approximate surface area is 181 Å². The van der Waals surface area contributed by atoms with Crippen LogP contribution >= 0.6 is 12.4 Å². The lowest BCUT2D eigenvalue weighted by Crippen LogP contribution is -2.30. The van der Waals surface area contributed by atoms with Crippen LogP contribution in [0.2, 0.25) is 0 Å². The van der Waals surface area contributed by atoms with Gasteiger partial charge in [-0.1, -0.05) is 30.3 Å². The highest BCUT2D eigenvalue weighted by atomic mass is 35.5. The summed E-state index contributed by atoms with van der Waals surface area (Å²) in [6.45, 7) is 3.42. The van der Waals surface area contributed by atoms with Crippen LogP contribution in [0.25, 0.3) is 0 Å². The first-order valence-corrected chi connectivity index (χ1v) is 9.53. The molecule has 2 N–H and O–H groups in total. The van der Waals surface area contributed by atoms with E-state index < -0.39 is 10.8 Å². The molecule has 2 atom stereocenters. The number of rotatable bonds is 7. The van der Waals surface area contributed by atoms with Crippen molar-refractivity contribution in [3.63, 3.8) is 0 Å². The SMILES string of the molecule is CCOc1cc([N+](=O)[O-])c(C(=O)N2C[C@@H](CN)[C@H](c3ccccc3)C2)cc1OC.Cl. The number of hydrogen-bond acceptors (Lipinski definition) is 6. The molecule has 9 heteroatoms. The van der Waals surface area contributed by atoms with Crippen LogP contribution in [0.15, 0.2) is 42.5 Å². The number of carbonyl (C=O) groups excluding carboxylic acids is 1. The molecule has 1 heterocycles. The minimum absolute atomic E-state index is 0. The number of ether oxygens (including phenoxy) is 2. The van der Waals surface area contributed by atoms with E-state index in [9.17, 15) is 14.9 Å². The molecule has 2 aromatic rings. The largest absolute Gasteiger partial charge is 0.493 e. The molecular formula is C21H26ClN3O5. The van der Waals surface area contributed by atoms with Crippen molar-refractivity contribution >= 4 is 24.0 Å². The van der Waals surface area contributed by atoms with Crippen molar-refractivity contribution in [2.24, 2.45) is 11.7 Å². The molecule has 30 heavy (non-hydrogen) atoms. The molecule has 3 rings (SSSR count). The lowest BCUT2D eigenvalue weighted by atomic mass is 9.89. The molecular weight excluding hydrogens is 410 g/mol. The van der Waals surface area contributed by atoms with Gasteiger partial charge in [0.15, 0.2) is 11.5 Å². The van der Waals surface area contributed by atoms with Crippen molar-refractivity contribution < 1.29 is 19.2 Å². The van der Waals surface area contributed by atoms with E-state index >= 15 is 0 Å². The summed E-state index contributed by atoms with van der Waals surface area (Å²) in [5.41, 5.74) is 6.75. The molecule has 0 radical (unpaired) electrons. The summed E-state index contributed by atoms with van der Waals surface area (Å²) in [6, 6.07) is 12.5. The fraction of sp³-hybridized carbons (Fsp3) is 0.381. The van der Waals surface area contributed by atoms with Crippen LogP contribution < -0.4 is 15.2 Å². The molecule has 8 nitrogen and oxygen atoms in total. The second-order valence-corrected chi connectivity index (χ2v) is 6.93. The second kappa shape index (κ2) is 10.3. The van der Waals surface area contributed by atoms with E-state index in [0.717, 1.165) is 5.56 Å². The molecule has 0 saturated carbocycles. The average molecular weight is 436 g/mol. The Kier molecular flexibility index (Phi) is 8.02. The fourth-order valence-corrected chi connectivity index (χ4v) is 3.82. The summed E-state index contributed by atoms with van der Waals surface area (Å²) < 4.78 is 10.7. The summed E-state index contributed by atoms with van der Waals surface area (Å²) in [6.07, 6.45) is 0. The number of likely N-dealkylation sites (tertiary alicyclic amines) is 1. The van der Waals surface area contributed by atoms with Crippen LogP contribution in [0.1, 0.15) is 28.8 Å². The van der Waals surface area contributed by atoms with E-state index in [-0.39, 0.29) is 47.0 Å². The Morgan fingerprint density at radius 1 is 1.23 bits per heavy atom. The van der Waals surface area contributed by atoms with Crippen LogP contribution in [0.5, 0.6) is 11.5 Å². The molecule has 1 aliphatic heterocycles. The van der Waals surface area contributed by atoms with E-state index in [0.29, 0.717) is 26.2 Å². The topological polar surface area (TPSA) is 108 Å². The van der Waals surface area contributed by atoms with Gasteiger partial charge in [-0.3, -0.25) is 14.9 Å².